The maximum absolute atomic E-state index is 9.38. The van der Waals surface area contributed by atoms with E-state index in [0.717, 1.165) is 12.2 Å². The summed E-state index contributed by atoms with van der Waals surface area (Å²) in [6.45, 7) is 8.86. The molecule has 1 atom stereocenters. The first-order chi connectivity index (χ1) is 7.43. The van der Waals surface area contributed by atoms with Gasteiger partial charge in [0.15, 0.2) is 0 Å². The second-order valence-electron chi connectivity index (χ2n) is 5.15. The Labute approximate surface area is 98.3 Å². The lowest BCUT2D eigenvalue weighted by atomic mass is 9.87. The number of rotatable bonds is 4. The Balaban J connectivity index is 2.58. The van der Waals surface area contributed by atoms with Crippen LogP contribution < -0.4 is 4.74 Å². The lowest BCUT2D eigenvalue weighted by molar-refractivity contribution is 0.104. The van der Waals surface area contributed by atoms with Crippen molar-refractivity contribution in [3.63, 3.8) is 0 Å². The minimum atomic E-state index is -0.373. The van der Waals surface area contributed by atoms with Crippen LogP contribution in [0.1, 0.15) is 39.7 Å². The number of hydrogen-bond acceptors (Lipinski definition) is 2. The number of benzene rings is 1. The summed E-state index contributed by atoms with van der Waals surface area (Å²) in [4.78, 5) is 0. The molecule has 0 radical (unpaired) electrons. The van der Waals surface area contributed by atoms with Crippen molar-refractivity contribution in [2.75, 3.05) is 6.61 Å². The quantitative estimate of drug-likeness (QED) is 0.848. The number of aliphatic hydroxyl groups excluding tert-OH is 1. The second-order valence-corrected chi connectivity index (χ2v) is 5.15. The normalized spacial score (nSPS) is 13.6. The summed E-state index contributed by atoms with van der Waals surface area (Å²) in [6.07, 6.45) is 0.349. The van der Waals surface area contributed by atoms with E-state index in [-0.39, 0.29) is 11.5 Å². The van der Waals surface area contributed by atoms with Crippen molar-refractivity contribution in [2.45, 2.75) is 45.6 Å². The van der Waals surface area contributed by atoms with Gasteiger partial charge in [-0.25, -0.2) is 0 Å². The standard InChI is InChI=1S/C14H22O2/c1-5-12(15)10-16-13-8-6-11(7-9-13)14(2,3)4/h6-9,12,15H,5,10H2,1-4H3. The molecular weight excluding hydrogens is 200 g/mol. The molecule has 16 heavy (non-hydrogen) atoms. The lowest BCUT2D eigenvalue weighted by Gasteiger charge is -2.19. The molecule has 0 aliphatic heterocycles. The zero-order valence-electron chi connectivity index (χ0n) is 10.7. The molecule has 1 rings (SSSR count). The summed E-state index contributed by atoms with van der Waals surface area (Å²) in [5.74, 6) is 0.820. The molecule has 1 aromatic carbocycles. The highest BCUT2D eigenvalue weighted by molar-refractivity contribution is 5.31. The minimum Gasteiger partial charge on any atom is -0.491 e. The molecule has 0 saturated carbocycles. The minimum absolute atomic E-state index is 0.168. The smallest absolute Gasteiger partial charge is 0.119 e. The molecule has 2 heteroatoms. The topological polar surface area (TPSA) is 29.5 Å². The van der Waals surface area contributed by atoms with Crippen molar-refractivity contribution >= 4 is 0 Å². The molecule has 0 aliphatic rings. The molecule has 0 spiro atoms. The zero-order chi connectivity index (χ0) is 12.2. The van der Waals surface area contributed by atoms with Crippen molar-refractivity contribution in [3.8, 4) is 5.75 Å². The van der Waals surface area contributed by atoms with Gasteiger partial charge in [-0.1, -0.05) is 39.8 Å². The van der Waals surface area contributed by atoms with Crippen LogP contribution in [0.2, 0.25) is 0 Å². The number of ether oxygens (including phenoxy) is 1. The zero-order valence-corrected chi connectivity index (χ0v) is 10.7. The monoisotopic (exact) mass is 222 g/mol. The fourth-order valence-electron chi connectivity index (χ4n) is 1.36. The molecule has 2 nitrogen and oxygen atoms in total. The molecule has 1 N–H and O–H groups in total. The Kier molecular flexibility index (Phi) is 4.36. The highest BCUT2D eigenvalue weighted by Crippen LogP contribution is 2.24. The van der Waals surface area contributed by atoms with E-state index in [1.165, 1.54) is 5.56 Å². The largest absolute Gasteiger partial charge is 0.491 e. The van der Waals surface area contributed by atoms with Crippen molar-refractivity contribution in [1.82, 2.24) is 0 Å². The maximum Gasteiger partial charge on any atom is 0.119 e. The first kappa shape index (κ1) is 13.0. The van der Waals surface area contributed by atoms with Crippen LogP contribution in [0.4, 0.5) is 0 Å². The second kappa shape index (κ2) is 5.35. The van der Waals surface area contributed by atoms with Crippen LogP contribution in [-0.2, 0) is 5.41 Å². The van der Waals surface area contributed by atoms with Gasteiger partial charge < -0.3 is 9.84 Å². The van der Waals surface area contributed by atoms with E-state index < -0.39 is 0 Å². The van der Waals surface area contributed by atoms with Gasteiger partial charge in [-0.3, -0.25) is 0 Å². The first-order valence-electron chi connectivity index (χ1n) is 5.85. The highest BCUT2D eigenvalue weighted by Gasteiger charge is 2.13. The van der Waals surface area contributed by atoms with Crippen molar-refractivity contribution in [1.29, 1.82) is 0 Å². The summed E-state index contributed by atoms with van der Waals surface area (Å²) in [6, 6.07) is 8.08. The van der Waals surface area contributed by atoms with Gasteiger partial charge in [-0.2, -0.15) is 0 Å². The van der Waals surface area contributed by atoms with Crippen molar-refractivity contribution < 1.29 is 9.84 Å². The summed E-state index contributed by atoms with van der Waals surface area (Å²) in [7, 11) is 0. The van der Waals surface area contributed by atoms with Crippen LogP contribution in [-0.4, -0.2) is 17.8 Å². The molecular formula is C14H22O2. The number of aliphatic hydroxyl groups is 1. The van der Waals surface area contributed by atoms with Crippen molar-refractivity contribution in [2.24, 2.45) is 0 Å². The maximum atomic E-state index is 9.38. The van der Waals surface area contributed by atoms with Crippen LogP contribution in [0, 0.1) is 0 Å². The molecule has 0 saturated heterocycles. The predicted octanol–water partition coefficient (Wildman–Crippen LogP) is 3.13. The van der Waals surface area contributed by atoms with Gasteiger partial charge in [0.1, 0.15) is 12.4 Å². The van der Waals surface area contributed by atoms with E-state index in [2.05, 4.69) is 32.9 Å². The van der Waals surface area contributed by atoms with Gasteiger partial charge in [0, 0.05) is 0 Å². The fraction of sp³-hybridized carbons (Fsp3) is 0.571. The van der Waals surface area contributed by atoms with Crippen molar-refractivity contribution in [3.05, 3.63) is 29.8 Å². The Hall–Kier alpha value is -1.02. The Morgan fingerprint density at radius 1 is 1.19 bits per heavy atom. The van der Waals surface area contributed by atoms with Gasteiger partial charge >= 0.3 is 0 Å². The SMILES string of the molecule is CCC(O)COc1ccc(C(C)(C)C)cc1. The van der Waals surface area contributed by atoms with E-state index in [0.29, 0.717) is 6.61 Å². The number of hydrogen-bond donors (Lipinski definition) is 1. The van der Waals surface area contributed by atoms with Crippen LogP contribution in [0.3, 0.4) is 0 Å². The van der Waals surface area contributed by atoms with Gasteiger partial charge in [0.05, 0.1) is 6.10 Å². The third kappa shape index (κ3) is 3.86. The molecule has 0 heterocycles. The van der Waals surface area contributed by atoms with Gasteiger partial charge in [0.25, 0.3) is 0 Å². The Morgan fingerprint density at radius 2 is 1.75 bits per heavy atom. The average Bonchev–Trinajstić information content (AvgIpc) is 2.25. The molecule has 0 aliphatic carbocycles. The van der Waals surface area contributed by atoms with E-state index in [9.17, 15) is 5.11 Å². The lowest BCUT2D eigenvalue weighted by Crippen LogP contribution is -2.16. The summed E-state index contributed by atoms with van der Waals surface area (Å²) >= 11 is 0. The molecule has 1 aromatic rings. The van der Waals surface area contributed by atoms with Crippen LogP contribution in [0.5, 0.6) is 5.75 Å². The fourth-order valence-corrected chi connectivity index (χ4v) is 1.36. The molecule has 0 amide bonds. The van der Waals surface area contributed by atoms with E-state index in [1.807, 2.05) is 19.1 Å². The summed E-state index contributed by atoms with van der Waals surface area (Å²) in [5, 5.41) is 9.38. The van der Waals surface area contributed by atoms with Crippen LogP contribution in [0.15, 0.2) is 24.3 Å². The van der Waals surface area contributed by atoms with E-state index >= 15 is 0 Å². The summed E-state index contributed by atoms with van der Waals surface area (Å²) < 4.78 is 5.48. The summed E-state index contributed by atoms with van der Waals surface area (Å²) in [5.41, 5.74) is 1.46. The van der Waals surface area contributed by atoms with Gasteiger partial charge in [-0.15, -0.1) is 0 Å². The van der Waals surface area contributed by atoms with Gasteiger partial charge in [-0.05, 0) is 29.5 Å². The predicted molar refractivity (Wildman–Crippen MR) is 66.9 cm³/mol. The average molecular weight is 222 g/mol. The molecule has 0 fully saturated rings. The first-order valence-corrected chi connectivity index (χ1v) is 5.85. The Morgan fingerprint density at radius 3 is 2.19 bits per heavy atom. The van der Waals surface area contributed by atoms with E-state index in [4.69, 9.17) is 4.74 Å². The molecule has 1 unspecified atom stereocenters. The molecule has 90 valence electrons. The highest BCUT2D eigenvalue weighted by atomic mass is 16.5. The molecule has 0 aromatic heterocycles. The third-order valence-electron chi connectivity index (χ3n) is 2.63. The molecule has 0 bridgehead atoms. The van der Waals surface area contributed by atoms with E-state index in [1.54, 1.807) is 0 Å². The van der Waals surface area contributed by atoms with Gasteiger partial charge in [0.2, 0.25) is 0 Å². The Bertz CT molecular complexity index is 309. The van der Waals surface area contributed by atoms with Crippen LogP contribution in [0.25, 0.3) is 0 Å². The third-order valence-corrected chi connectivity index (χ3v) is 2.63. The van der Waals surface area contributed by atoms with Crippen LogP contribution >= 0.6 is 0 Å².